The molecule has 0 bridgehead atoms. The van der Waals surface area contributed by atoms with Gasteiger partial charge in [0.2, 0.25) is 0 Å². The van der Waals surface area contributed by atoms with Crippen LogP contribution in [0.3, 0.4) is 0 Å². The van der Waals surface area contributed by atoms with Crippen molar-refractivity contribution in [2.75, 3.05) is 0 Å². The first kappa shape index (κ1) is 16.1. The summed E-state index contributed by atoms with van der Waals surface area (Å²) < 4.78 is 0. The Morgan fingerprint density at radius 1 is 0.654 bits per heavy atom. The normalized spacial score (nSPS) is 17.5. The molecule has 0 aromatic heterocycles. The van der Waals surface area contributed by atoms with Crippen LogP contribution in [0.4, 0.5) is 0 Å². The van der Waals surface area contributed by atoms with Crippen LogP contribution < -0.4 is 0 Å². The molecule has 0 fully saturated rings. The Kier molecular flexibility index (Phi) is 2.99. The van der Waals surface area contributed by atoms with E-state index in [0.717, 1.165) is 5.02 Å². The summed E-state index contributed by atoms with van der Waals surface area (Å²) in [6, 6.07) is 18.1. The van der Waals surface area contributed by atoms with E-state index in [9.17, 15) is 0 Å². The molecule has 0 radical (unpaired) electrons. The lowest BCUT2D eigenvalue weighted by Gasteiger charge is -2.24. The van der Waals surface area contributed by atoms with Crippen molar-refractivity contribution in [2.45, 2.75) is 45.4 Å². The van der Waals surface area contributed by atoms with Gasteiger partial charge in [-0.25, -0.2) is 0 Å². The highest BCUT2D eigenvalue weighted by atomic mass is 35.5. The number of hydrogen-bond acceptors (Lipinski definition) is 0. The second-order valence-corrected chi connectivity index (χ2v) is 9.31. The predicted molar refractivity (Wildman–Crippen MR) is 111 cm³/mol. The van der Waals surface area contributed by atoms with Crippen LogP contribution in [0.5, 0.6) is 0 Å². The van der Waals surface area contributed by atoms with Crippen LogP contribution in [0, 0.1) is 6.92 Å². The highest BCUT2D eigenvalue weighted by Crippen LogP contribution is 2.57. The van der Waals surface area contributed by atoms with Crippen molar-refractivity contribution in [1.29, 1.82) is 0 Å². The van der Waals surface area contributed by atoms with Gasteiger partial charge in [0.05, 0.1) is 0 Å². The SMILES string of the molecule is Cc1ccc2c(c1)C(C)(C)c1cc3c(cc1-2)C(C)(C)c1cccc(Cl)c1-3. The first-order valence-electron chi connectivity index (χ1n) is 9.33. The second-order valence-electron chi connectivity index (χ2n) is 8.90. The standard InChI is InChI=1S/C25H23Cl/c1-14-9-10-15-16-12-21-17(13-20(16)25(4,5)19(15)11-14)23-18(24(21,2)3)7-6-8-22(23)26/h6-13H,1-5H3. The Morgan fingerprint density at radius 3 is 2.04 bits per heavy atom. The molecule has 0 saturated heterocycles. The van der Waals surface area contributed by atoms with Crippen molar-refractivity contribution in [1.82, 2.24) is 0 Å². The summed E-state index contributed by atoms with van der Waals surface area (Å²) in [6.45, 7) is 11.5. The Bertz CT molecular complexity index is 1100. The summed E-state index contributed by atoms with van der Waals surface area (Å²) in [5, 5.41) is 0.860. The molecule has 3 aromatic rings. The largest absolute Gasteiger partial charge is 0.0837 e. The molecule has 0 N–H and O–H groups in total. The lowest BCUT2D eigenvalue weighted by atomic mass is 9.79. The maximum atomic E-state index is 6.66. The fourth-order valence-corrected chi connectivity index (χ4v) is 5.36. The third-order valence-electron chi connectivity index (χ3n) is 6.60. The summed E-state index contributed by atoms with van der Waals surface area (Å²) in [5.74, 6) is 0. The number of hydrogen-bond donors (Lipinski definition) is 0. The lowest BCUT2D eigenvalue weighted by Crippen LogP contribution is -2.17. The van der Waals surface area contributed by atoms with Gasteiger partial charge in [0, 0.05) is 21.4 Å². The van der Waals surface area contributed by atoms with Crippen molar-refractivity contribution in [3.8, 4) is 22.3 Å². The van der Waals surface area contributed by atoms with Crippen LogP contribution in [-0.2, 0) is 10.8 Å². The van der Waals surface area contributed by atoms with Gasteiger partial charge in [-0.05, 0) is 64.1 Å². The molecule has 0 atom stereocenters. The molecule has 0 nitrogen and oxygen atoms in total. The van der Waals surface area contributed by atoms with E-state index >= 15 is 0 Å². The summed E-state index contributed by atoms with van der Waals surface area (Å²) in [7, 11) is 0. The average Bonchev–Trinajstić information content (AvgIpc) is 2.94. The number of aryl methyl sites for hydroxylation is 1. The first-order chi connectivity index (χ1) is 12.2. The predicted octanol–water partition coefficient (Wildman–Crippen LogP) is 7.26. The minimum absolute atomic E-state index is 0.0138. The van der Waals surface area contributed by atoms with Crippen LogP contribution >= 0.6 is 11.6 Å². The third kappa shape index (κ3) is 1.81. The van der Waals surface area contributed by atoms with E-state index in [2.05, 4.69) is 77.1 Å². The Labute approximate surface area is 160 Å². The fourth-order valence-electron chi connectivity index (χ4n) is 5.08. The lowest BCUT2D eigenvalue weighted by molar-refractivity contribution is 0.651. The van der Waals surface area contributed by atoms with E-state index in [1.54, 1.807) is 0 Å². The molecule has 2 aliphatic carbocycles. The molecule has 0 amide bonds. The van der Waals surface area contributed by atoms with Crippen molar-refractivity contribution < 1.29 is 0 Å². The molecule has 2 aliphatic rings. The molecule has 0 unspecified atom stereocenters. The van der Waals surface area contributed by atoms with Gasteiger partial charge < -0.3 is 0 Å². The molecule has 0 aliphatic heterocycles. The Morgan fingerprint density at radius 2 is 1.27 bits per heavy atom. The van der Waals surface area contributed by atoms with Crippen LogP contribution in [0.15, 0.2) is 48.5 Å². The number of rotatable bonds is 0. The van der Waals surface area contributed by atoms with Crippen molar-refractivity contribution in [3.05, 3.63) is 81.4 Å². The fraction of sp³-hybridized carbons (Fsp3) is 0.280. The smallest absolute Gasteiger partial charge is 0.0487 e. The van der Waals surface area contributed by atoms with Crippen LogP contribution in [0.25, 0.3) is 22.3 Å². The van der Waals surface area contributed by atoms with Crippen molar-refractivity contribution in [2.24, 2.45) is 0 Å². The molecule has 0 spiro atoms. The van der Waals surface area contributed by atoms with Gasteiger partial charge in [-0.15, -0.1) is 0 Å². The van der Waals surface area contributed by atoms with Crippen molar-refractivity contribution >= 4 is 11.6 Å². The Hall–Kier alpha value is -2.05. The molecule has 0 saturated carbocycles. The number of halogens is 1. The maximum absolute atomic E-state index is 6.66. The minimum Gasteiger partial charge on any atom is -0.0837 e. The van der Waals surface area contributed by atoms with Gasteiger partial charge in [0.25, 0.3) is 0 Å². The van der Waals surface area contributed by atoms with Crippen LogP contribution in [-0.4, -0.2) is 0 Å². The van der Waals surface area contributed by atoms with E-state index in [1.165, 1.54) is 50.1 Å². The monoisotopic (exact) mass is 358 g/mol. The molecular weight excluding hydrogens is 336 g/mol. The summed E-state index contributed by atoms with van der Waals surface area (Å²) in [5.41, 5.74) is 12.2. The first-order valence-corrected chi connectivity index (χ1v) is 9.70. The molecule has 3 aromatic carbocycles. The summed E-state index contributed by atoms with van der Waals surface area (Å²) in [6.07, 6.45) is 0. The van der Waals surface area contributed by atoms with Crippen LogP contribution in [0.1, 0.15) is 55.5 Å². The van der Waals surface area contributed by atoms with E-state index in [1.807, 2.05) is 6.07 Å². The van der Waals surface area contributed by atoms with E-state index in [-0.39, 0.29) is 10.8 Å². The van der Waals surface area contributed by atoms with E-state index < -0.39 is 0 Å². The zero-order chi connectivity index (χ0) is 18.4. The highest BCUT2D eigenvalue weighted by Gasteiger charge is 2.42. The highest BCUT2D eigenvalue weighted by molar-refractivity contribution is 6.34. The van der Waals surface area contributed by atoms with Gasteiger partial charge in [-0.1, -0.05) is 75.2 Å². The third-order valence-corrected chi connectivity index (χ3v) is 6.91. The molecule has 26 heavy (non-hydrogen) atoms. The molecule has 130 valence electrons. The van der Waals surface area contributed by atoms with E-state index in [0.29, 0.717) is 0 Å². The molecule has 0 heterocycles. The maximum Gasteiger partial charge on any atom is 0.0487 e. The quantitative estimate of drug-likeness (QED) is 0.396. The zero-order valence-corrected chi connectivity index (χ0v) is 16.8. The average molecular weight is 359 g/mol. The molecular formula is C25H23Cl. The summed E-state index contributed by atoms with van der Waals surface area (Å²) >= 11 is 6.66. The number of benzene rings is 3. The van der Waals surface area contributed by atoms with Crippen molar-refractivity contribution in [3.63, 3.8) is 0 Å². The van der Waals surface area contributed by atoms with Gasteiger partial charge >= 0.3 is 0 Å². The number of fused-ring (bicyclic) bond motifs is 6. The second kappa shape index (κ2) is 4.81. The zero-order valence-electron chi connectivity index (χ0n) is 16.0. The van der Waals surface area contributed by atoms with Gasteiger partial charge in [-0.3, -0.25) is 0 Å². The molecule has 1 heteroatoms. The molecule has 5 rings (SSSR count). The van der Waals surface area contributed by atoms with Gasteiger partial charge in [0.15, 0.2) is 0 Å². The van der Waals surface area contributed by atoms with Gasteiger partial charge in [0.1, 0.15) is 0 Å². The van der Waals surface area contributed by atoms with Gasteiger partial charge in [-0.2, -0.15) is 0 Å². The Balaban J connectivity index is 1.87. The topological polar surface area (TPSA) is 0 Å². The van der Waals surface area contributed by atoms with E-state index in [4.69, 9.17) is 11.6 Å². The summed E-state index contributed by atoms with van der Waals surface area (Å²) in [4.78, 5) is 0. The minimum atomic E-state index is -0.0256. The van der Waals surface area contributed by atoms with Crippen LogP contribution in [0.2, 0.25) is 5.02 Å².